The van der Waals surface area contributed by atoms with Crippen molar-refractivity contribution in [3.05, 3.63) is 27.8 Å². The average molecular weight is 254 g/mol. The minimum absolute atomic E-state index is 0.111. The number of rotatable bonds is 3. The van der Waals surface area contributed by atoms with Gasteiger partial charge in [0.05, 0.1) is 11.1 Å². The zero-order valence-corrected chi connectivity index (χ0v) is 9.06. The number of hydrogen-bond acceptors (Lipinski definition) is 6. The lowest BCUT2D eigenvalue weighted by Crippen LogP contribution is -2.24. The molecule has 90 valence electrons. The highest BCUT2D eigenvalue weighted by Crippen LogP contribution is 2.28. The van der Waals surface area contributed by atoms with Gasteiger partial charge in [0.2, 0.25) is 0 Å². The van der Waals surface area contributed by atoms with E-state index in [1.54, 1.807) is 0 Å². The van der Waals surface area contributed by atoms with Gasteiger partial charge in [-0.25, -0.2) is 0 Å². The molecule has 0 aliphatic heterocycles. The van der Waals surface area contributed by atoms with Gasteiger partial charge in [-0.2, -0.15) is 5.10 Å². The lowest BCUT2D eigenvalue weighted by molar-refractivity contribution is -0.398. The summed E-state index contributed by atoms with van der Waals surface area (Å²) in [4.78, 5) is 9.60. The van der Waals surface area contributed by atoms with Crippen LogP contribution in [0.2, 0.25) is 0 Å². The first kappa shape index (κ1) is 12.6. The SMILES string of the molecule is NC(=S)N/N=C/c1cc([N+](=O)[O-])c([O-])cc1[O-]. The first-order valence-electron chi connectivity index (χ1n) is 4.16. The second kappa shape index (κ2) is 5.07. The fraction of sp³-hybridized carbons (Fsp3) is 0. The second-order valence-electron chi connectivity index (χ2n) is 2.85. The number of hydrogen-bond donors (Lipinski definition) is 2. The van der Waals surface area contributed by atoms with Gasteiger partial charge in [-0.1, -0.05) is 6.07 Å². The van der Waals surface area contributed by atoms with Gasteiger partial charge in [-0.3, -0.25) is 15.5 Å². The number of thiocarbonyl (C=S) groups is 1. The Bertz CT molecular complexity index is 503. The lowest BCUT2D eigenvalue weighted by atomic mass is 10.2. The van der Waals surface area contributed by atoms with Crippen molar-refractivity contribution in [3.63, 3.8) is 0 Å². The fourth-order valence-corrected chi connectivity index (χ4v) is 1.03. The van der Waals surface area contributed by atoms with Gasteiger partial charge in [0, 0.05) is 6.07 Å². The van der Waals surface area contributed by atoms with E-state index < -0.39 is 22.1 Å². The molecule has 0 saturated heterocycles. The number of hydrazone groups is 1. The number of nitro benzene ring substituents is 1. The van der Waals surface area contributed by atoms with Crippen molar-refractivity contribution in [2.75, 3.05) is 0 Å². The molecule has 0 aliphatic carbocycles. The van der Waals surface area contributed by atoms with E-state index in [1.165, 1.54) is 0 Å². The van der Waals surface area contributed by atoms with Crippen LogP contribution >= 0.6 is 12.2 Å². The Balaban J connectivity index is 3.07. The summed E-state index contributed by atoms with van der Waals surface area (Å²) in [5, 5.41) is 36.2. The quantitative estimate of drug-likeness (QED) is 0.302. The summed E-state index contributed by atoms with van der Waals surface area (Å²) in [6.07, 6.45) is 0.994. The van der Waals surface area contributed by atoms with Crippen LogP contribution in [0, 0.1) is 10.1 Å². The third-order valence-electron chi connectivity index (χ3n) is 1.67. The highest BCUT2D eigenvalue weighted by atomic mass is 32.1. The first-order chi connectivity index (χ1) is 7.91. The smallest absolute Gasteiger partial charge is 0.262 e. The molecule has 0 bridgehead atoms. The van der Waals surface area contributed by atoms with E-state index in [0.29, 0.717) is 6.07 Å². The summed E-state index contributed by atoms with van der Waals surface area (Å²) in [5.41, 5.74) is 6.44. The molecular formula is C8H6N4O4S-2. The van der Waals surface area contributed by atoms with Crippen molar-refractivity contribution in [3.8, 4) is 11.5 Å². The van der Waals surface area contributed by atoms with Gasteiger partial charge in [0.25, 0.3) is 5.69 Å². The summed E-state index contributed by atoms with van der Waals surface area (Å²) in [7, 11) is 0. The Hall–Kier alpha value is -2.42. The maximum Gasteiger partial charge on any atom is 0.262 e. The van der Waals surface area contributed by atoms with Crippen LogP contribution in [0.4, 0.5) is 5.69 Å². The van der Waals surface area contributed by atoms with Crippen LogP contribution < -0.4 is 21.4 Å². The summed E-state index contributed by atoms with van der Waals surface area (Å²) in [5.74, 6) is -1.62. The summed E-state index contributed by atoms with van der Waals surface area (Å²) in [6.45, 7) is 0. The molecule has 8 nitrogen and oxygen atoms in total. The van der Waals surface area contributed by atoms with E-state index >= 15 is 0 Å². The van der Waals surface area contributed by atoms with Crippen LogP contribution in [0.15, 0.2) is 17.2 Å². The third-order valence-corrected chi connectivity index (χ3v) is 1.76. The molecule has 1 aromatic rings. The molecule has 0 aliphatic rings. The highest BCUT2D eigenvalue weighted by Gasteiger charge is 2.07. The fourth-order valence-electron chi connectivity index (χ4n) is 0.975. The Kier molecular flexibility index (Phi) is 3.78. The highest BCUT2D eigenvalue weighted by molar-refractivity contribution is 7.80. The molecule has 0 aromatic heterocycles. The number of nitrogens with two attached hydrogens (primary N) is 1. The molecular weight excluding hydrogens is 248 g/mol. The monoisotopic (exact) mass is 254 g/mol. The van der Waals surface area contributed by atoms with E-state index in [2.05, 4.69) is 22.7 Å². The molecule has 0 fully saturated rings. The van der Waals surface area contributed by atoms with Gasteiger partial charge in [-0.15, -0.1) is 5.75 Å². The maximum atomic E-state index is 11.3. The molecule has 0 spiro atoms. The number of nitrogens with one attached hydrogen (secondary N) is 1. The molecule has 17 heavy (non-hydrogen) atoms. The minimum atomic E-state index is -0.945. The largest absolute Gasteiger partial charge is 0.872 e. The molecule has 0 saturated carbocycles. The van der Waals surface area contributed by atoms with Crippen LogP contribution in [-0.2, 0) is 0 Å². The molecule has 1 aromatic carbocycles. The second-order valence-corrected chi connectivity index (χ2v) is 3.29. The third kappa shape index (κ3) is 3.28. The van der Waals surface area contributed by atoms with Crippen LogP contribution in [0.25, 0.3) is 0 Å². The zero-order valence-electron chi connectivity index (χ0n) is 8.25. The molecule has 0 unspecified atom stereocenters. The molecule has 0 atom stereocenters. The van der Waals surface area contributed by atoms with Gasteiger partial charge >= 0.3 is 0 Å². The van der Waals surface area contributed by atoms with E-state index in [1.807, 2.05) is 0 Å². The van der Waals surface area contributed by atoms with E-state index in [9.17, 15) is 20.3 Å². The molecule has 0 amide bonds. The van der Waals surface area contributed by atoms with Crippen molar-refractivity contribution in [2.45, 2.75) is 0 Å². The maximum absolute atomic E-state index is 11.3. The van der Waals surface area contributed by atoms with Crippen molar-refractivity contribution >= 4 is 29.2 Å². The van der Waals surface area contributed by atoms with Gasteiger partial charge < -0.3 is 15.9 Å². The van der Waals surface area contributed by atoms with Crippen LogP contribution in [0.3, 0.4) is 0 Å². The Morgan fingerprint density at radius 3 is 2.65 bits per heavy atom. The van der Waals surface area contributed by atoms with Crippen LogP contribution in [0.5, 0.6) is 11.5 Å². The summed E-state index contributed by atoms with van der Waals surface area (Å²) >= 11 is 4.45. The van der Waals surface area contributed by atoms with Gasteiger partial charge in [0.15, 0.2) is 5.11 Å². The Labute approximate surface area is 101 Å². The van der Waals surface area contributed by atoms with Gasteiger partial charge in [0.1, 0.15) is 0 Å². The predicted octanol–water partition coefficient (Wildman–Crippen LogP) is -1.09. The first-order valence-corrected chi connectivity index (χ1v) is 4.57. The number of nitro groups is 1. The normalized spacial score (nSPS) is 10.4. The lowest BCUT2D eigenvalue weighted by Gasteiger charge is -2.15. The molecule has 0 heterocycles. The number of nitrogens with zero attached hydrogens (tertiary/aromatic N) is 2. The molecule has 0 radical (unpaired) electrons. The van der Waals surface area contributed by atoms with Crippen molar-refractivity contribution in [1.82, 2.24) is 5.43 Å². The van der Waals surface area contributed by atoms with Crippen LogP contribution in [-0.4, -0.2) is 16.3 Å². The van der Waals surface area contributed by atoms with Gasteiger partial charge in [-0.05, 0) is 23.5 Å². The summed E-state index contributed by atoms with van der Waals surface area (Å²) in [6, 6.07) is 1.47. The number of benzene rings is 1. The van der Waals surface area contributed by atoms with E-state index in [-0.39, 0.29) is 10.7 Å². The van der Waals surface area contributed by atoms with Crippen molar-refractivity contribution in [1.29, 1.82) is 0 Å². The minimum Gasteiger partial charge on any atom is -0.872 e. The zero-order chi connectivity index (χ0) is 13.0. The van der Waals surface area contributed by atoms with Crippen LogP contribution in [0.1, 0.15) is 5.56 Å². The van der Waals surface area contributed by atoms with E-state index in [0.717, 1.165) is 12.3 Å². The van der Waals surface area contributed by atoms with E-state index in [4.69, 9.17) is 5.73 Å². The molecule has 1 rings (SSSR count). The van der Waals surface area contributed by atoms with Crippen molar-refractivity contribution < 1.29 is 15.1 Å². The Morgan fingerprint density at radius 2 is 2.12 bits per heavy atom. The van der Waals surface area contributed by atoms with Crippen molar-refractivity contribution in [2.24, 2.45) is 10.8 Å². The molecule has 3 N–H and O–H groups in total. The Morgan fingerprint density at radius 1 is 1.47 bits per heavy atom. The summed E-state index contributed by atoms with van der Waals surface area (Å²) < 4.78 is 0. The topological polar surface area (TPSA) is 140 Å². The predicted molar refractivity (Wildman–Crippen MR) is 59.5 cm³/mol. The molecule has 9 heteroatoms. The average Bonchev–Trinajstić information content (AvgIpc) is 2.20. The standard InChI is InChI=1S/C8H8N4O4S/c9-8(17)11-10-3-4-1-5(12(15)16)7(14)2-6(4)13/h1-3,13-14H,(H3,9,11,17)/p-2/b10-3+.